The molecule has 48 heavy (non-hydrogen) atoms. The molecular formula is C43H32N4S. The minimum absolute atomic E-state index is 0.738. The zero-order chi connectivity index (χ0) is 32.4. The molecule has 9 aromatic rings. The van der Waals surface area contributed by atoms with E-state index in [0.717, 1.165) is 38.5 Å². The molecule has 9 rings (SSSR count). The van der Waals surface area contributed by atoms with Gasteiger partial charge in [0.15, 0.2) is 5.82 Å². The van der Waals surface area contributed by atoms with Crippen LogP contribution in [0.3, 0.4) is 0 Å². The maximum absolute atomic E-state index is 5.37. The Balaban J connectivity index is 1.36. The topological polar surface area (TPSA) is 34.0 Å². The fourth-order valence-electron chi connectivity index (χ4n) is 7.16. The zero-order valence-corrected chi connectivity index (χ0v) is 27.8. The maximum atomic E-state index is 5.37. The lowest BCUT2D eigenvalue weighted by Crippen LogP contribution is -2.10. The summed E-state index contributed by atoms with van der Waals surface area (Å²) in [6.45, 7) is 2.23. The van der Waals surface area contributed by atoms with Crippen LogP contribution in [0.4, 0.5) is 5.69 Å². The third-order valence-electron chi connectivity index (χ3n) is 9.37. The molecule has 0 atom stereocenters. The van der Waals surface area contributed by atoms with Crippen LogP contribution in [0.1, 0.15) is 5.56 Å². The molecule has 0 fully saturated rings. The Kier molecular flexibility index (Phi) is 6.63. The van der Waals surface area contributed by atoms with E-state index in [-0.39, 0.29) is 0 Å². The first-order valence-corrected chi connectivity index (χ1v) is 17.0. The van der Waals surface area contributed by atoms with E-state index >= 15 is 0 Å². The zero-order valence-electron chi connectivity index (χ0n) is 27.0. The Morgan fingerprint density at radius 2 is 1.27 bits per heavy atom. The van der Waals surface area contributed by atoms with Crippen molar-refractivity contribution in [3.8, 4) is 39.5 Å². The average molecular weight is 637 g/mol. The van der Waals surface area contributed by atoms with E-state index in [1.807, 2.05) is 18.2 Å². The summed E-state index contributed by atoms with van der Waals surface area (Å²) < 4.78 is 3.64. The minimum atomic E-state index is 0.738. The molecule has 6 aromatic carbocycles. The van der Waals surface area contributed by atoms with Crippen molar-refractivity contribution in [1.82, 2.24) is 14.5 Å². The Bertz CT molecular complexity index is 2670. The standard InChI is InChI=1S/C43H32N4S/c1-27-25-38-34(26-33(27)29-17-7-11-21-35(29)46(2)3)30-18-8-12-22-36(30)47(38)37-23-13-9-19-31(37)41-40-32-20-10-14-24-39(32)48-43(40)45-42(44-41)28-15-5-4-6-16-28/h4-26H,1-3H3. The van der Waals surface area contributed by atoms with Crippen molar-refractivity contribution in [2.45, 2.75) is 6.92 Å². The lowest BCUT2D eigenvalue weighted by Gasteiger charge is -2.19. The lowest BCUT2D eigenvalue weighted by atomic mass is 9.96. The van der Waals surface area contributed by atoms with Crippen LogP contribution in [0.2, 0.25) is 0 Å². The average Bonchev–Trinajstić information content (AvgIpc) is 3.66. The van der Waals surface area contributed by atoms with Gasteiger partial charge in [-0.2, -0.15) is 0 Å². The number of thiophene rings is 1. The summed E-state index contributed by atoms with van der Waals surface area (Å²) in [6, 6.07) is 49.8. The number of hydrogen-bond donors (Lipinski definition) is 0. The molecule has 0 amide bonds. The minimum Gasteiger partial charge on any atom is -0.377 e. The molecule has 0 aliphatic heterocycles. The third-order valence-corrected chi connectivity index (χ3v) is 10.4. The van der Waals surface area contributed by atoms with E-state index in [2.05, 4.69) is 152 Å². The van der Waals surface area contributed by atoms with Crippen LogP contribution in [0, 0.1) is 6.92 Å². The normalized spacial score (nSPS) is 11.6. The van der Waals surface area contributed by atoms with E-state index in [1.165, 1.54) is 54.3 Å². The highest BCUT2D eigenvalue weighted by Crippen LogP contribution is 2.44. The Labute approximate surface area is 283 Å². The SMILES string of the molecule is Cc1cc2c(cc1-c1ccccc1N(C)C)c1ccccc1n2-c1ccccc1-c1nc(-c2ccccc2)nc2sc3ccccc3c12. The monoisotopic (exact) mass is 636 g/mol. The Morgan fingerprint density at radius 3 is 2.10 bits per heavy atom. The summed E-state index contributed by atoms with van der Waals surface area (Å²) in [5, 5.41) is 4.74. The second-order valence-corrected chi connectivity index (χ2v) is 13.5. The summed E-state index contributed by atoms with van der Waals surface area (Å²) in [4.78, 5) is 13.7. The lowest BCUT2D eigenvalue weighted by molar-refractivity contribution is 1.13. The number of para-hydroxylation sites is 3. The highest BCUT2D eigenvalue weighted by Gasteiger charge is 2.22. The summed E-state index contributed by atoms with van der Waals surface area (Å²) in [5.41, 5.74) is 11.4. The number of benzene rings is 6. The van der Waals surface area contributed by atoms with Crippen LogP contribution < -0.4 is 4.90 Å². The van der Waals surface area contributed by atoms with E-state index in [9.17, 15) is 0 Å². The molecule has 0 saturated heterocycles. The first kappa shape index (κ1) is 28.4. The highest BCUT2D eigenvalue weighted by atomic mass is 32.1. The smallest absolute Gasteiger partial charge is 0.161 e. The number of fused-ring (bicyclic) bond motifs is 6. The predicted molar refractivity (Wildman–Crippen MR) is 205 cm³/mol. The fourth-order valence-corrected chi connectivity index (χ4v) is 8.24. The summed E-state index contributed by atoms with van der Waals surface area (Å²) >= 11 is 1.73. The van der Waals surface area contributed by atoms with Crippen molar-refractivity contribution in [1.29, 1.82) is 0 Å². The van der Waals surface area contributed by atoms with Crippen molar-refractivity contribution < 1.29 is 0 Å². The van der Waals surface area contributed by atoms with Gasteiger partial charge in [-0.25, -0.2) is 9.97 Å². The molecule has 0 aliphatic rings. The molecule has 0 spiro atoms. The second-order valence-electron chi connectivity index (χ2n) is 12.5. The molecule has 3 heterocycles. The quantitative estimate of drug-likeness (QED) is 0.188. The highest BCUT2D eigenvalue weighted by molar-refractivity contribution is 7.25. The molecule has 0 saturated carbocycles. The van der Waals surface area contributed by atoms with Crippen molar-refractivity contribution in [3.05, 3.63) is 145 Å². The number of aryl methyl sites for hydroxylation is 1. The maximum Gasteiger partial charge on any atom is 0.161 e. The number of aromatic nitrogens is 3. The van der Waals surface area contributed by atoms with Gasteiger partial charge in [-0.3, -0.25) is 0 Å². The largest absolute Gasteiger partial charge is 0.377 e. The number of rotatable bonds is 5. The van der Waals surface area contributed by atoms with Gasteiger partial charge < -0.3 is 9.47 Å². The number of anilines is 1. The first-order valence-electron chi connectivity index (χ1n) is 16.2. The van der Waals surface area contributed by atoms with Crippen molar-refractivity contribution in [3.63, 3.8) is 0 Å². The molecule has 0 radical (unpaired) electrons. The second kappa shape index (κ2) is 11.2. The van der Waals surface area contributed by atoms with Crippen LogP contribution in [-0.4, -0.2) is 28.6 Å². The summed E-state index contributed by atoms with van der Waals surface area (Å²) in [5.74, 6) is 0.738. The molecular weight excluding hydrogens is 605 g/mol. The van der Waals surface area contributed by atoms with E-state index in [4.69, 9.17) is 9.97 Å². The van der Waals surface area contributed by atoms with E-state index < -0.39 is 0 Å². The van der Waals surface area contributed by atoms with Gasteiger partial charge in [0.2, 0.25) is 0 Å². The Morgan fingerprint density at radius 1 is 0.583 bits per heavy atom. The third kappa shape index (κ3) is 4.43. The van der Waals surface area contributed by atoms with Crippen LogP contribution >= 0.6 is 11.3 Å². The molecule has 5 heteroatoms. The van der Waals surface area contributed by atoms with E-state index in [1.54, 1.807) is 11.3 Å². The molecule has 3 aromatic heterocycles. The van der Waals surface area contributed by atoms with Gasteiger partial charge in [-0.15, -0.1) is 11.3 Å². The van der Waals surface area contributed by atoms with Gasteiger partial charge in [0.1, 0.15) is 4.83 Å². The fraction of sp³-hybridized carbons (Fsp3) is 0.0698. The van der Waals surface area contributed by atoms with Gasteiger partial charge >= 0.3 is 0 Å². The molecule has 0 aliphatic carbocycles. The van der Waals surface area contributed by atoms with E-state index in [0.29, 0.717) is 0 Å². The molecule has 4 nitrogen and oxygen atoms in total. The summed E-state index contributed by atoms with van der Waals surface area (Å²) in [6.07, 6.45) is 0. The van der Waals surface area contributed by atoms with Crippen molar-refractivity contribution >= 4 is 59.1 Å². The molecule has 230 valence electrons. The first-order chi connectivity index (χ1) is 23.6. The number of nitrogens with zero attached hydrogens (tertiary/aromatic N) is 4. The van der Waals surface area contributed by atoms with Gasteiger partial charge in [-0.05, 0) is 54.4 Å². The molecule has 0 N–H and O–H groups in total. The van der Waals surface area contributed by atoms with Crippen molar-refractivity contribution in [2.24, 2.45) is 0 Å². The van der Waals surface area contributed by atoms with Crippen LogP contribution in [-0.2, 0) is 0 Å². The molecule has 0 bridgehead atoms. The van der Waals surface area contributed by atoms with Gasteiger partial charge in [0.05, 0.1) is 22.4 Å². The van der Waals surface area contributed by atoms with Crippen LogP contribution in [0.15, 0.2) is 140 Å². The van der Waals surface area contributed by atoms with Gasteiger partial charge in [-0.1, -0.05) is 103 Å². The van der Waals surface area contributed by atoms with Gasteiger partial charge in [0.25, 0.3) is 0 Å². The Hall–Kier alpha value is -5.78. The number of hydrogen-bond acceptors (Lipinski definition) is 4. The summed E-state index contributed by atoms with van der Waals surface area (Å²) in [7, 11) is 4.22. The van der Waals surface area contributed by atoms with Crippen LogP contribution in [0.25, 0.3) is 81.6 Å². The molecule has 0 unspecified atom stereocenters. The van der Waals surface area contributed by atoms with Crippen LogP contribution in [0.5, 0.6) is 0 Å². The predicted octanol–water partition coefficient (Wildman–Crippen LogP) is 11.3. The van der Waals surface area contributed by atoms with Crippen molar-refractivity contribution in [2.75, 3.05) is 19.0 Å². The van der Waals surface area contributed by atoms with Gasteiger partial charge in [0, 0.05) is 62.7 Å².